The van der Waals surface area contributed by atoms with Crippen molar-refractivity contribution in [2.75, 3.05) is 13.7 Å². The van der Waals surface area contributed by atoms with Crippen molar-refractivity contribution in [2.45, 2.75) is 58.3 Å². The van der Waals surface area contributed by atoms with Crippen LogP contribution in [0, 0.1) is 0 Å². The van der Waals surface area contributed by atoms with E-state index in [1.807, 2.05) is 74.5 Å². The molecule has 3 N–H and O–H groups in total. The summed E-state index contributed by atoms with van der Waals surface area (Å²) in [6.07, 6.45) is 6.09. The number of esters is 2. The smallest absolute Gasteiger partial charge is 0.412 e. The van der Waals surface area contributed by atoms with Crippen molar-refractivity contribution in [2.24, 2.45) is 0 Å². The van der Waals surface area contributed by atoms with Gasteiger partial charge in [-0.05, 0) is 49.9 Å². The maximum Gasteiger partial charge on any atom is 0.412 e. The number of amides is 3. The predicted octanol–water partition coefficient (Wildman–Crippen LogP) is 3.02. The quantitative estimate of drug-likeness (QED) is 0.0899. The highest BCUT2D eigenvalue weighted by Gasteiger charge is 2.26. The molecule has 272 valence electrons. The molecule has 14 heteroatoms. The van der Waals surface area contributed by atoms with Gasteiger partial charge in [-0.3, -0.25) is 4.79 Å². The Hall–Kier alpha value is -6.31. The number of ether oxygens (including phenoxy) is 4. The first-order valence-electron chi connectivity index (χ1n) is 16.6. The Bertz CT molecular complexity index is 1810. The van der Waals surface area contributed by atoms with Gasteiger partial charge in [0.2, 0.25) is 0 Å². The van der Waals surface area contributed by atoms with Crippen molar-refractivity contribution >= 4 is 30.0 Å². The fourth-order valence-corrected chi connectivity index (χ4v) is 5.04. The van der Waals surface area contributed by atoms with E-state index in [9.17, 15) is 24.0 Å². The van der Waals surface area contributed by atoms with E-state index in [0.717, 1.165) is 18.2 Å². The van der Waals surface area contributed by atoms with Gasteiger partial charge in [0.05, 0.1) is 7.11 Å². The Balaban J connectivity index is 1.24. The number of nitrogens with one attached hydrogen (secondary N) is 3. The standard InChI is InChI=1S/C38H41N5O9/c1-27(20-29-12-6-4-7-13-29)39-37(47)51-25-42-18-10-16-31(22-42)34(44)41-33(36(46)49-3)24-50-35(45)32-17-11-19-43(23-32)26-52-38(48)40-28(2)21-30-14-8-5-9-15-30/h4-19,22-23,27-28,33H,20-21,24-26H2,1-3H3,(H-2,39,40,41,44,47,48)/p+2/t27-,28-,33-/m0/s1. The molecule has 2 heterocycles. The third-order valence-corrected chi connectivity index (χ3v) is 7.57. The average Bonchev–Trinajstić information content (AvgIpc) is 3.15. The van der Waals surface area contributed by atoms with E-state index >= 15 is 0 Å². The fraction of sp³-hybridized carbons (Fsp3) is 0.289. The van der Waals surface area contributed by atoms with Crippen LogP contribution in [0.5, 0.6) is 0 Å². The Labute approximate surface area is 301 Å². The molecule has 0 saturated heterocycles. The monoisotopic (exact) mass is 713 g/mol. The largest absolute Gasteiger partial charge is 0.467 e. The summed E-state index contributed by atoms with van der Waals surface area (Å²) in [5.41, 5.74) is 2.41. The van der Waals surface area contributed by atoms with Gasteiger partial charge in [0.1, 0.15) is 17.7 Å². The van der Waals surface area contributed by atoms with Crippen molar-refractivity contribution < 1.29 is 52.1 Å². The van der Waals surface area contributed by atoms with Crippen molar-refractivity contribution in [1.82, 2.24) is 16.0 Å². The minimum atomic E-state index is -1.33. The second-order valence-electron chi connectivity index (χ2n) is 12.0. The second-order valence-corrected chi connectivity index (χ2v) is 12.0. The molecule has 0 aliphatic rings. The molecule has 2 aromatic heterocycles. The summed E-state index contributed by atoms with van der Waals surface area (Å²) in [5.74, 6) is -2.28. The number of hydrogen-bond donors (Lipinski definition) is 3. The van der Waals surface area contributed by atoms with Gasteiger partial charge in [-0.2, -0.15) is 9.13 Å². The second kappa shape index (κ2) is 19.8. The lowest BCUT2D eigenvalue weighted by Crippen LogP contribution is -2.46. The predicted molar refractivity (Wildman–Crippen MR) is 185 cm³/mol. The topological polar surface area (TPSA) is 166 Å². The number of benzene rings is 2. The molecule has 0 spiro atoms. The molecule has 0 unspecified atom stereocenters. The van der Waals surface area contributed by atoms with Crippen LogP contribution in [0.25, 0.3) is 0 Å². The van der Waals surface area contributed by atoms with Crippen LogP contribution in [-0.4, -0.2) is 61.9 Å². The van der Waals surface area contributed by atoms with Crippen LogP contribution in [0.4, 0.5) is 9.59 Å². The Kier molecular flexibility index (Phi) is 14.6. The first-order chi connectivity index (χ1) is 25.1. The Morgan fingerprint density at radius 1 is 0.615 bits per heavy atom. The minimum absolute atomic E-state index is 0.112. The molecule has 0 radical (unpaired) electrons. The molecule has 3 amide bonds. The van der Waals surface area contributed by atoms with Crippen LogP contribution in [-0.2, 0) is 50.0 Å². The summed E-state index contributed by atoms with van der Waals surface area (Å²) in [4.78, 5) is 63.1. The molecule has 4 rings (SSSR count). The van der Waals surface area contributed by atoms with E-state index in [1.165, 1.54) is 33.7 Å². The first kappa shape index (κ1) is 38.5. The van der Waals surface area contributed by atoms with E-state index in [0.29, 0.717) is 12.8 Å². The normalized spacial score (nSPS) is 12.3. The lowest BCUT2D eigenvalue weighted by atomic mass is 10.1. The minimum Gasteiger partial charge on any atom is -0.467 e. The SMILES string of the molecule is COC(=O)[C@H](COC(=O)c1ccc[n+](COC(=O)N[C@@H](C)Cc2ccccc2)c1)NC(=O)c1ccc[n+](COC(=O)N[C@@H](C)Cc2ccccc2)c1. The van der Waals surface area contributed by atoms with E-state index in [1.54, 1.807) is 24.5 Å². The molecule has 4 aromatic rings. The molecule has 0 aliphatic carbocycles. The number of hydrogen-bond acceptors (Lipinski definition) is 9. The molecular weight excluding hydrogens is 670 g/mol. The van der Waals surface area contributed by atoms with Crippen molar-refractivity contribution in [3.8, 4) is 0 Å². The summed E-state index contributed by atoms with van der Waals surface area (Å²) in [6, 6.07) is 23.9. The Morgan fingerprint density at radius 2 is 1.10 bits per heavy atom. The van der Waals surface area contributed by atoms with E-state index in [2.05, 4.69) is 16.0 Å². The number of methoxy groups -OCH3 is 1. The van der Waals surface area contributed by atoms with Gasteiger partial charge < -0.3 is 34.9 Å². The third-order valence-electron chi connectivity index (χ3n) is 7.57. The van der Waals surface area contributed by atoms with Gasteiger partial charge in [-0.25, -0.2) is 19.2 Å². The zero-order chi connectivity index (χ0) is 37.3. The summed E-state index contributed by atoms with van der Waals surface area (Å²) in [7, 11) is 1.14. The van der Waals surface area contributed by atoms with Crippen LogP contribution in [0.1, 0.15) is 45.7 Å². The highest BCUT2D eigenvalue weighted by atomic mass is 16.6. The van der Waals surface area contributed by atoms with Gasteiger partial charge in [-0.1, -0.05) is 60.7 Å². The third kappa shape index (κ3) is 12.9. The molecule has 2 aromatic carbocycles. The van der Waals surface area contributed by atoms with Crippen LogP contribution in [0.3, 0.4) is 0 Å². The number of nitrogens with zero attached hydrogens (tertiary/aromatic N) is 2. The zero-order valence-electron chi connectivity index (χ0n) is 29.2. The van der Waals surface area contributed by atoms with E-state index in [-0.39, 0.29) is 36.7 Å². The summed E-state index contributed by atoms with van der Waals surface area (Å²) >= 11 is 0. The maximum absolute atomic E-state index is 13.1. The van der Waals surface area contributed by atoms with Crippen LogP contribution < -0.4 is 25.1 Å². The highest BCUT2D eigenvalue weighted by Crippen LogP contribution is 2.06. The van der Waals surface area contributed by atoms with Gasteiger partial charge in [-0.15, -0.1) is 0 Å². The molecule has 0 aliphatic heterocycles. The number of rotatable bonds is 16. The molecule has 3 atom stereocenters. The molecule has 14 nitrogen and oxygen atoms in total. The summed E-state index contributed by atoms with van der Waals surface area (Å²) in [6.45, 7) is 2.85. The van der Waals surface area contributed by atoms with Gasteiger partial charge in [0, 0.05) is 24.2 Å². The lowest BCUT2D eigenvalue weighted by Gasteiger charge is -2.16. The average molecular weight is 714 g/mol. The van der Waals surface area contributed by atoms with Crippen LogP contribution >= 0.6 is 0 Å². The number of pyridine rings is 2. The van der Waals surface area contributed by atoms with Crippen LogP contribution in [0.15, 0.2) is 110 Å². The number of aromatic nitrogens is 2. The fourth-order valence-electron chi connectivity index (χ4n) is 5.04. The molecule has 0 fully saturated rings. The van der Waals surface area contributed by atoms with Crippen molar-refractivity contribution in [3.63, 3.8) is 0 Å². The number of alkyl carbamates (subject to hydrolysis) is 2. The van der Waals surface area contributed by atoms with Crippen molar-refractivity contribution in [3.05, 3.63) is 132 Å². The summed E-state index contributed by atoms with van der Waals surface area (Å²) in [5, 5.41) is 8.06. The lowest BCUT2D eigenvalue weighted by molar-refractivity contribution is -0.727. The highest BCUT2D eigenvalue weighted by molar-refractivity contribution is 5.96. The number of carbonyl (C=O) groups excluding carboxylic acids is 5. The van der Waals surface area contributed by atoms with Gasteiger partial charge >= 0.3 is 24.1 Å². The van der Waals surface area contributed by atoms with Crippen molar-refractivity contribution in [1.29, 1.82) is 0 Å². The van der Waals surface area contributed by atoms with Gasteiger partial charge in [0.15, 0.2) is 30.8 Å². The number of carbonyl (C=O) groups is 5. The summed E-state index contributed by atoms with van der Waals surface area (Å²) < 4.78 is 23.7. The van der Waals surface area contributed by atoms with Crippen LogP contribution in [0.2, 0.25) is 0 Å². The maximum atomic E-state index is 13.1. The van der Waals surface area contributed by atoms with E-state index in [4.69, 9.17) is 18.9 Å². The zero-order valence-corrected chi connectivity index (χ0v) is 29.2. The first-order valence-corrected chi connectivity index (χ1v) is 16.6. The molecule has 52 heavy (non-hydrogen) atoms. The Morgan fingerprint density at radius 3 is 1.60 bits per heavy atom. The van der Waals surface area contributed by atoms with E-state index < -0.39 is 42.7 Å². The van der Waals surface area contributed by atoms with Gasteiger partial charge in [0.25, 0.3) is 19.4 Å². The molecular formula is C38H43N5O9+2. The molecule has 0 bridgehead atoms. The molecule has 0 saturated carbocycles.